The Hall–Kier alpha value is 0.826. The Labute approximate surface area is 63.6 Å². The predicted molar refractivity (Wildman–Crippen MR) is 33.1 cm³/mol. The molecule has 0 aromatic rings. The van der Waals surface area contributed by atoms with Crippen molar-refractivity contribution in [1.29, 1.82) is 0 Å². The Morgan fingerprint density at radius 1 is 1.86 bits per heavy atom. The third kappa shape index (κ3) is 10.9. The largest absolute Gasteiger partial charge is 2.00 e. The van der Waals surface area contributed by atoms with E-state index in [1.807, 2.05) is 6.92 Å². The van der Waals surface area contributed by atoms with Crippen LogP contribution in [-0.2, 0) is 9.09 Å². The van der Waals surface area contributed by atoms with Gasteiger partial charge in [0.1, 0.15) is 0 Å². The molecule has 0 radical (unpaired) electrons. The van der Waals surface area contributed by atoms with Gasteiger partial charge in [-0.2, -0.15) is 0 Å². The van der Waals surface area contributed by atoms with Gasteiger partial charge in [0.15, 0.2) is 6.66 Å². The molecular weight excluding hydrogens is 123 g/mol. The number of rotatable bonds is 2. The molecule has 0 N–H and O–H groups in total. The minimum atomic E-state index is -1.35. The van der Waals surface area contributed by atoms with E-state index < -0.39 is 8.03 Å². The van der Waals surface area contributed by atoms with Gasteiger partial charge in [-0.3, -0.25) is 0 Å². The second-order valence-electron chi connectivity index (χ2n) is 0.857. The van der Waals surface area contributed by atoms with Gasteiger partial charge in [0.05, 0.1) is 6.61 Å². The first-order chi connectivity index (χ1) is 2.77. The zero-order valence-corrected chi connectivity index (χ0v) is 6.99. The molecular formula is C3H10MgO2P+. The van der Waals surface area contributed by atoms with Crippen LogP contribution in [0, 0.1) is 0 Å². The molecule has 0 heterocycles. The summed E-state index contributed by atoms with van der Waals surface area (Å²) in [6, 6.07) is 0. The third-order valence-corrected chi connectivity index (χ3v) is 0.933. The standard InChI is InChI=1S/C3H8O2P.Mg.2H/c1-3-5-6(2)4;;;/h3H2,1-2H3;;;/q+1;+2;2*-1. The summed E-state index contributed by atoms with van der Waals surface area (Å²) in [6.45, 7) is 3.90. The molecule has 0 rings (SSSR count). The van der Waals surface area contributed by atoms with Crippen LogP contribution in [0.5, 0.6) is 0 Å². The summed E-state index contributed by atoms with van der Waals surface area (Å²) in [5.41, 5.74) is 0. The van der Waals surface area contributed by atoms with E-state index in [4.69, 9.17) is 0 Å². The Morgan fingerprint density at radius 3 is 2.29 bits per heavy atom. The van der Waals surface area contributed by atoms with Crippen LogP contribution >= 0.6 is 8.03 Å². The quantitative estimate of drug-likeness (QED) is 0.418. The summed E-state index contributed by atoms with van der Waals surface area (Å²) in [5.74, 6) is 0. The SMILES string of the molecule is CCO[P+](C)=O.[H-].[H-].[Mg+2]. The monoisotopic (exact) mass is 133 g/mol. The topological polar surface area (TPSA) is 26.3 Å². The number of hydrogen-bond acceptors (Lipinski definition) is 2. The Morgan fingerprint density at radius 2 is 2.29 bits per heavy atom. The van der Waals surface area contributed by atoms with Crippen molar-refractivity contribution < 1.29 is 11.9 Å². The fraction of sp³-hybridized carbons (Fsp3) is 1.00. The molecule has 1 unspecified atom stereocenters. The maximum absolute atomic E-state index is 9.97. The van der Waals surface area contributed by atoms with Crippen LogP contribution in [0.1, 0.15) is 9.78 Å². The molecule has 40 valence electrons. The van der Waals surface area contributed by atoms with Crippen LogP contribution in [0.15, 0.2) is 0 Å². The van der Waals surface area contributed by atoms with E-state index in [1.54, 1.807) is 6.66 Å². The molecule has 7 heavy (non-hydrogen) atoms. The van der Waals surface area contributed by atoms with Crippen molar-refractivity contribution in [3.8, 4) is 0 Å². The van der Waals surface area contributed by atoms with Crippen LogP contribution in [0.2, 0.25) is 0 Å². The molecule has 0 aliphatic heterocycles. The zero-order chi connectivity index (χ0) is 4.99. The minimum Gasteiger partial charge on any atom is -1.00 e. The smallest absolute Gasteiger partial charge is 1.00 e. The molecule has 4 heteroatoms. The molecule has 0 aromatic heterocycles. The minimum absolute atomic E-state index is 0. The van der Waals surface area contributed by atoms with Crippen LogP contribution in [0.25, 0.3) is 0 Å². The van der Waals surface area contributed by atoms with Gasteiger partial charge in [-0.15, -0.1) is 4.52 Å². The first-order valence-electron chi connectivity index (χ1n) is 1.81. The van der Waals surface area contributed by atoms with E-state index in [2.05, 4.69) is 4.52 Å². The predicted octanol–water partition coefficient (Wildman–Crippen LogP) is 1.24. The molecule has 0 aliphatic rings. The van der Waals surface area contributed by atoms with Crippen molar-refractivity contribution in [3.63, 3.8) is 0 Å². The van der Waals surface area contributed by atoms with Crippen LogP contribution in [0.4, 0.5) is 0 Å². The maximum atomic E-state index is 9.97. The van der Waals surface area contributed by atoms with Crippen molar-refractivity contribution in [3.05, 3.63) is 0 Å². The summed E-state index contributed by atoms with van der Waals surface area (Å²) in [7, 11) is -1.35. The van der Waals surface area contributed by atoms with E-state index in [9.17, 15) is 4.57 Å². The Kier molecular flexibility index (Phi) is 10.5. The fourth-order valence-electron chi connectivity index (χ4n) is 0.182. The van der Waals surface area contributed by atoms with Crippen molar-refractivity contribution in [1.82, 2.24) is 0 Å². The first-order valence-corrected chi connectivity index (χ1v) is 3.43. The first kappa shape index (κ1) is 10.7. The van der Waals surface area contributed by atoms with Gasteiger partial charge >= 0.3 is 31.1 Å². The van der Waals surface area contributed by atoms with Crippen molar-refractivity contribution in [2.45, 2.75) is 6.92 Å². The molecule has 0 aromatic carbocycles. The van der Waals surface area contributed by atoms with Gasteiger partial charge in [-0.25, -0.2) is 0 Å². The molecule has 2 nitrogen and oxygen atoms in total. The third-order valence-electron chi connectivity index (χ3n) is 0.311. The van der Waals surface area contributed by atoms with Gasteiger partial charge in [0.25, 0.3) is 0 Å². The van der Waals surface area contributed by atoms with E-state index in [1.165, 1.54) is 0 Å². The zero-order valence-electron chi connectivity index (χ0n) is 6.68. The van der Waals surface area contributed by atoms with Crippen LogP contribution < -0.4 is 0 Å². The van der Waals surface area contributed by atoms with E-state index >= 15 is 0 Å². The summed E-state index contributed by atoms with van der Waals surface area (Å²) in [6.07, 6.45) is 0. The second kappa shape index (κ2) is 6.83. The normalized spacial score (nSPS) is 9.71. The van der Waals surface area contributed by atoms with Crippen molar-refractivity contribution >= 4 is 31.1 Å². The summed E-state index contributed by atoms with van der Waals surface area (Å²) < 4.78 is 14.5. The van der Waals surface area contributed by atoms with E-state index in [0.29, 0.717) is 6.61 Å². The van der Waals surface area contributed by atoms with Crippen LogP contribution in [0.3, 0.4) is 0 Å². The van der Waals surface area contributed by atoms with Gasteiger partial charge in [0, 0.05) is 0 Å². The Balaban J connectivity index is -0.0000000417. The summed E-state index contributed by atoms with van der Waals surface area (Å²) >= 11 is 0. The average Bonchev–Trinajstić information content (AvgIpc) is 1.35. The van der Waals surface area contributed by atoms with Gasteiger partial charge < -0.3 is 2.85 Å². The van der Waals surface area contributed by atoms with Gasteiger partial charge in [-0.1, -0.05) is 0 Å². The van der Waals surface area contributed by atoms with Crippen LogP contribution in [-0.4, -0.2) is 36.3 Å². The molecule has 0 saturated carbocycles. The molecule has 0 aliphatic carbocycles. The summed E-state index contributed by atoms with van der Waals surface area (Å²) in [4.78, 5) is 0. The molecule has 0 fully saturated rings. The van der Waals surface area contributed by atoms with Crippen molar-refractivity contribution in [2.75, 3.05) is 13.3 Å². The van der Waals surface area contributed by atoms with E-state index in [-0.39, 0.29) is 25.9 Å². The van der Waals surface area contributed by atoms with Gasteiger partial charge in [0.2, 0.25) is 0 Å². The van der Waals surface area contributed by atoms with E-state index in [0.717, 1.165) is 0 Å². The molecule has 0 bridgehead atoms. The maximum Gasteiger partial charge on any atom is 2.00 e. The molecule has 0 spiro atoms. The second-order valence-corrected chi connectivity index (χ2v) is 2.00. The fourth-order valence-corrected chi connectivity index (χ4v) is 0.545. The summed E-state index contributed by atoms with van der Waals surface area (Å²) in [5, 5.41) is 0. The molecule has 1 atom stereocenters. The van der Waals surface area contributed by atoms with Gasteiger partial charge in [-0.05, 0) is 11.5 Å². The number of hydrogen-bond donors (Lipinski definition) is 0. The molecule has 0 saturated heterocycles. The van der Waals surface area contributed by atoms with Crippen molar-refractivity contribution in [2.24, 2.45) is 0 Å². The average molecular weight is 133 g/mol. The Bertz CT molecular complexity index is 63.8. The molecule has 0 amide bonds.